The standard InChI is InChI=1S/C12H14FNO3/c1-17-10-3-2-8(6-9(10)13)14-11(16)12(7-15)4-5-12/h2-3,6,15H,4-5,7H2,1H3,(H,14,16). The molecule has 0 spiro atoms. The van der Waals surface area contributed by atoms with E-state index in [1.165, 1.54) is 19.2 Å². The molecule has 0 saturated heterocycles. The van der Waals surface area contributed by atoms with Crippen LogP contribution in [0.3, 0.4) is 0 Å². The van der Waals surface area contributed by atoms with Crippen LogP contribution in [0.1, 0.15) is 12.8 Å². The maximum absolute atomic E-state index is 13.4. The smallest absolute Gasteiger partial charge is 0.232 e. The number of amides is 1. The van der Waals surface area contributed by atoms with Gasteiger partial charge in [0.25, 0.3) is 0 Å². The molecular formula is C12H14FNO3. The van der Waals surface area contributed by atoms with Crippen molar-refractivity contribution in [3.8, 4) is 5.75 Å². The van der Waals surface area contributed by atoms with Gasteiger partial charge in [0.05, 0.1) is 19.1 Å². The molecule has 1 amide bonds. The van der Waals surface area contributed by atoms with Gasteiger partial charge in [-0.25, -0.2) is 4.39 Å². The third kappa shape index (κ3) is 2.24. The Bertz CT molecular complexity index is 443. The fourth-order valence-corrected chi connectivity index (χ4v) is 1.62. The molecule has 0 atom stereocenters. The Morgan fingerprint density at radius 3 is 2.76 bits per heavy atom. The molecule has 2 N–H and O–H groups in total. The van der Waals surface area contributed by atoms with Gasteiger partial charge in [-0.15, -0.1) is 0 Å². The Morgan fingerprint density at radius 1 is 1.59 bits per heavy atom. The average molecular weight is 239 g/mol. The molecule has 1 fully saturated rings. The second-order valence-corrected chi connectivity index (χ2v) is 4.24. The van der Waals surface area contributed by atoms with Crippen molar-refractivity contribution in [2.45, 2.75) is 12.8 Å². The van der Waals surface area contributed by atoms with Crippen molar-refractivity contribution in [2.75, 3.05) is 19.0 Å². The van der Waals surface area contributed by atoms with Crippen LogP contribution in [0.5, 0.6) is 5.75 Å². The molecule has 1 aliphatic rings. The Hall–Kier alpha value is -1.62. The number of ether oxygens (including phenoxy) is 1. The van der Waals surface area contributed by atoms with Gasteiger partial charge < -0.3 is 15.2 Å². The van der Waals surface area contributed by atoms with Crippen LogP contribution in [0, 0.1) is 11.2 Å². The highest BCUT2D eigenvalue weighted by Gasteiger charge is 2.49. The molecule has 1 aliphatic carbocycles. The van der Waals surface area contributed by atoms with E-state index in [2.05, 4.69) is 5.32 Å². The number of halogens is 1. The molecule has 0 aromatic heterocycles. The Kier molecular flexibility index (Phi) is 3.02. The van der Waals surface area contributed by atoms with Crippen LogP contribution in [0.2, 0.25) is 0 Å². The summed E-state index contributed by atoms with van der Waals surface area (Å²) in [7, 11) is 1.38. The third-order valence-corrected chi connectivity index (χ3v) is 3.05. The number of hydrogen-bond donors (Lipinski definition) is 2. The van der Waals surface area contributed by atoms with Crippen LogP contribution >= 0.6 is 0 Å². The molecule has 0 bridgehead atoms. The van der Waals surface area contributed by atoms with E-state index in [1.807, 2.05) is 0 Å². The minimum absolute atomic E-state index is 0.131. The van der Waals surface area contributed by atoms with E-state index in [9.17, 15) is 9.18 Å². The van der Waals surface area contributed by atoms with Crippen LogP contribution in [-0.4, -0.2) is 24.7 Å². The number of methoxy groups -OCH3 is 1. The number of benzene rings is 1. The second-order valence-electron chi connectivity index (χ2n) is 4.24. The van der Waals surface area contributed by atoms with E-state index < -0.39 is 11.2 Å². The summed E-state index contributed by atoms with van der Waals surface area (Å²) in [4.78, 5) is 11.8. The zero-order valence-corrected chi connectivity index (χ0v) is 9.50. The van der Waals surface area contributed by atoms with E-state index >= 15 is 0 Å². The van der Waals surface area contributed by atoms with Crippen molar-refractivity contribution in [3.63, 3.8) is 0 Å². The predicted molar refractivity (Wildman–Crippen MR) is 60.3 cm³/mol. The highest BCUT2D eigenvalue weighted by molar-refractivity contribution is 5.97. The fourth-order valence-electron chi connectivity index (χ4n) is 1.62. The van der Waals surface area contributed by atoms with E-state index in [0.717, 1.165) is 0 Å². The average Bonchev–Trinajstić information content (AvgIpc) is 3.10. The summed E-state index contributed by atoms with van der Waals surface area (Å²) in [5.74, 6) is -0.657. The summed E-state index contributed by atoms with van der Waals surface area (Å²) in [5.41, 5.74) is -0.288. The van der Waals surface area contributed by atoms with Crippen molar-refractivity contribution in [1.82, 2.24) is 0 Å². The minimum atomic E-state index is -0.656. The summed E-state index contributed by atoms with van der Waals surface area (Å²) in [5, 5.41) is 11.7. The lowest BCUT2D eigenvalue weighted by Gasteiger charge is -2.12. The van der Waals surface area contributed by atoms with E-state index in [4.69, 9.17) is 9.84 Å². The number of nitrogens with one attached hydrogen (secondary N) is 1. The largest absolute Gasteiger partial charge is 0.494 e. The normalized spacial score (nSPS) is 16.4. The topological polar surface area (TPSA) is 58.6 Å². The molecule has 17 heavy (non-hydrogen) atoms. The minimum Gasteiger partial charge on any atom is -0.494 e. The van der Waals surface area contributed by atoms with Gasteiger partial charge in [-0.1, -0.05) is 0 Å². The van der Waals surface area contributed by atoms with Gasteiger partial charge in [0.15, 0.2) is 11.6 Å². The Labute approximate surface area is 98.4 Å². The molecule has 1 aromatic carbocycles. The number of carbonyl (C=O) groups is 1. The van der Waals surface area contributed by atoms with Gasteiger partial charge in [-0.05, 0) is 25.0 Å². The molecule has 5 heteroatoms. The van der Waals surface area contributed by atoms with E-state index in [1.54, 1.807) is 6.07 Å². The lowest BCUT2D eigenvalue weighted by atomic mass is 10.1. The lowest BCUT2D eigenvalue weighted by Crippen LogP contribution is -2.27. The Morgan fingerprint density at radius 2 is 2.29 bits per heavy atom. The molecular weight excluding hydrogens is 225 g/mol. The molecule has 1 aromatic rings. The zero-order chi connectivity index (χ0) is 12.5. The lowest BCUT2D eigenvalue weighted by molar-refractivity contribution is -0.122. The van der Waals surface area contributed by atoms with Crippen LogP contribution < -0.4 is 10.1 Å². The molecule has 0 radical (unpaired) electrons. The first-order chi connectivity index (χ1) is 8.11. The van der Waals surface area contributed by atoms with Crippen LogP contribution in [0.25, 0.3) is 0 Å². The van der Waals surface area contributed by atoms with Crippen LogP contribution in [-0.2, 0) is 4.79 Å². The first-order valence-electron chi connectivity index (χ1n) is 5.37. The highest BCUT2D eigenvalue weighted by atomic mass is 19.1. The summed E-state index contributed by atoms with van der Waals surface area (Å²) < 4.78 is 18.1. The highest BCUT2D eigenvalue weighted by Crippen LogP contribution is 2.45. The monoisotopic (exact) mass is 239 g/mol. The van der Waals surface area contributed by atoms with Gasteiger partial charge >= 0.3 is 0 Å². The van der Waals surface area contributed by atoms with Gasteiger partial charge in [0.1, 0.15) is 0 Å². The summed E-state index contributed by atoms with van der Waals surface area (Å²) >= 11 is 0. The number of rotatable bonds is 4. The zero-order valence-electron chi connectivity index (χ0n) is 9.50. The number of carbonyl (C=O) groups excluding carboxylic acids is 1. The molecule has 0 aliphatic heterocycles. The van der Waals surface area contributed by atoms with Crippen molar-refractivity contribution in [2.24, 2.45) is 5.41 Å². The van der Waals surface area contributed by atoms with E-state index in [0.29, 0.717) is 18.5 Å². The summed E-state index contributed by atoms with van der Waals surface area (Å²) in [6.45, 7) is -0.169. The summed E-state index contributed by atoms with van der Waals surface area (Å²) in [6.07, 6.45) is 1.35. The fraction of sp³-hybridized carbons (Fsp3) is 0.417. The molecule has 2 rings (SSSR count). The van der Waals surface area contributed by atoms with Gasteiger partial charge in [-0.3, -0.25) is 4.79 Å². The van der Waals surface area contributed by atoms with Crippen molar-refractivity contribution in [1.29, 1.82) is 0 Å². The number of hydrogen-bond acceptors (Lipinski definition) is 3. The summed E-state index contributed by atoms with van der Waals surface area (Å²) in [6, 6.07) is 4.21. The van der Waals surface area contributed by atoms with Crippen molar-refractivity contribution >= 4 is 11.6 Å². The molecule has 0 unspecified atom stereocenters. The first-order valence-corrected chi connectivity index (χ1v) is 5.37. The maximum atomic E-state index is 13.4. The SMILES string of the molecule is COc1ccc(NC(=O)C2(CO)CC2)cc1F. The van der Waals surface area contributed by atoms with Gasteiger partial charge in [-0.2, -0.15) is 0 Å². The van der Waals surface area contributed by atoms with Crippen molar-refractivity contribution < 1.29 is 19.0 Å². The first kappa shape index (κ1) is 11.9. The van der Waals surface area contributed by atoms with Gasteiger partial charge in [0.2, 0.25) is 5.91 Å². The van der Waals surface area contributed by atoms with E-state index in [-0.39, 0.29) is 18.3 Å². The third-order valence-electron chi connectivity index (χ3n) is 3.05. The maximum Gasteiger partial charge on any atom is 0.232 e. The molecule has 1 saturated carbocycles. The number of aliphatic hydroxyl groups is 1. The number of aliphatic hydroxyl groups excluding tert-OH is 1. The molecule has 4 nitrogen and oxygen atoms in total. The van der Waals surface area contributed by atoms with Gasteiger partial charge in [0, 0.05) is 11.8 Å². The quantitative estimate of drug-likeness (QED) is 0.838. The molecule has 0 heterocycles. The Balaban J connectivity index is 2.09. The van der Waals surface area contributed by atoms with Crippen molar-refractivity contribution in [3.05, 3.63) is 24.0 Å². The second kappa shape index (κ2) is 4.33. The predicted octanol–water partition coefficient (Wildman–Crippen LogP) is 1.55. The van der Waals surface area contributed by atoms with Crippen LogP contribution in [0.4, 0.5) is 10.1 Å². The van der Waals surface area contributed by atoms with Crippen LogP contribution in [0.15, 0.2) is 18.2 Å². The number of anilines is 1. The molecule has 92 valence electrons.